The van der Waals surface area contributed by atoms with Gasteiger partial charge < -0.3 is 4.74 Å². The average Bonchev–Trinajstić information content (AvgIpc) is 3.02. The lowest BCUT2D eigenvalue weighted by molar-refractivity contribution is 0.155. The van der Waals surface area contributed by atoms with Crippen LogP contribution < -0.4 is 5.01 Å². The van der Waals surface area contributed by atoms with Crippen LogP contribution in [0.4, 0.5) is 10.5 Å². The normalized spacial score (nSPS) is 13.7. The van der Waals surface area contributed by atoms with E-state index >= 15 is 0 Å². The Balaban J connectivity index is 2.51. The fraction of sp³-hybridized carbons (Fsp3) is 0.450. The van der Waals surface area contributed by atoms with Crippen LogP contribution in [0.25, 0.3) is 0 Å². The predicted molar refractivity (Wildman–Crippen MR) is 104 cm³/mol. The minimum Gasteiger partial charge on any atom is -0.446 e. The molecule has 25 heavy (non-hydrogen) atoms. The maximum atomic E-state index is 12.2. The van der Waals surface area contributed by atoms with Crippen molar-refractivity contribution in [2.75, 3.05) is 24.7 Å². The molecule has 0 bridgehead atoms. The number of ether oxygens (including phenoxy) is 1. The summed E-state index contributed by atoms with van der Waals surface area (Å²) in [6.07, 6.45) is 7.99. The lowest BCUT2D eigenvalue weighted by atomic mass is 10.0. The molecule has 0 unspecified atom stereocenters. The van der Waals surface area contributed by atoms with Crippen molar-refractivity contribution < 1.29 is 9.53 Å². The molecule has 1 aromatic carbocycles. The Bertz CT molecular complexity index is 630. The Morgan fingerprint density at radius 1 is 1.28 bits per heavy atom. The molecule has 0 aliphatic carbocycles. The zero-order valence-electron chi connectivity index (χ0n) is 15.0. The quantitative estimate of drug-likeness (QED) is 0.425. The SMILES string of the molecule is C=CCc1ccc(Cl)c(CC=C)c1N(CCCCC)N1CCOC1=O. The van der Waals surface area contributed by atoms with Crippen LogP contribution in [0, 0.1) is 0 Å². The van der Waals surface area contributed by atoms with E-state index in [-0.39, 0.29) is 6.09 Å². The Morgan fingerprint density at radius 2 is 2.04 bits per heavy atom. The van der Waals surface area contributed by atoms with Crippen molar-refractivity contribution in [2.45, 2.75) is 39.0 Å². The van der Waals surface area contributed by atoms with Crippen molar-refractivity contribution in [1.29, 1.82) is 0 Å². The van der Waals surface area contributed by atoms with Gasteiger partial charge in [0.2, 0.25) is 0 Å². The highest BCUT2D eigenvalue weighted by Crippen LogP contribution is 2.35. The van der Waals surface area contributed by atoms with Gasteiger partial charge in [0.25, 0.3) is 0 Å². The molecule has 2 rings (SSSR count). The summed E-state index contributed by atoms with van der Waals surface area (Å²) in [5.74, 6) is 0. The van der Waals surface area contributed by atoms with Crippen LogP contribution in [0.15, 0.2) is 37.4 Å². The number of cyclic esters (lactones) is 1. The molecule has 0 atom stereocenters. The number of hydrogen-bond acceptors (Lipinski definition) is 3. The Kier molecular flexibility index (Phi) is 7.38. The van der Waals surface area contributed by atoms with Crippen molar-refractivity contribution in [3.05, 3.63) is 53.6 Å². The summed E-state index contributed by atoms with van der Waals surface area (Å²) < 4.78 is 5.18. The van der Waals surface area contributed by atoms with Gasteiger partial charge in [-0.3, -0.25) is 5.01 Å². The van der Waals surface area contributed by atoms with Crippen LogP contribution in [0.1, 0.15) is 37.3 Å². The van der Waals surface area contributed by atoms with E-state index in [1.807, 2.05) is 24.3 Å². The van der Waals surface area contributed by atoms with Gasteiger partial charge in [0.05, 0.1) is 12.2 Å². The average molecular weight is 363 g/mol. The minimum absolute atomic E-state index is 0.300. The Morgan fingerprint density at radius 3 is 2.64 bits per heavy atom. The molecule has 0 saturated carbocycles. The van der Waals surface area contributed by atoms with Gasteiger partial charge in [-0.1, -0.05) is 49.6 Å². The molecule has 0 aromatic heterocycles. The van der Waals surface area contributed by atoms with Crippen LogP contribution >= 0.6 is 11.6 Å². The summed E-state index contributed by atoms with van der Waals surface area (Å²) in [5, 5.41) is 4.44. The highest BCUT2D eigenvalue weighted by atomic mass is 35.5. The summed E-state index contributed by atoms with van der Waals surface area (Å²) in [6.45, 7) is 11.6. The third-order valence-electron chi connectivity index (χ3n) is 4.28. The number of nitrogens with zero attached hydrogens (tertiary/aromatic N) is 2. The van der Waals surface area contributed by atoms with Crippen LogP contribution in [-0.4, -0.2) is 30.8 Å². The number of anilines is 1. The molecule has 1 heterocycles. The van der Waals surface area contributed by atoms with Gasteiger partial charge >= 0.3 is 6.09 Å². The molecule has 0 N–H and O–H groups in total. The second-order valence-corrected chi connectivity index (χ2v) is 6.49. The lowest BCUT2D eigenvalue weighted by Crippen LogP contribution is -2.45. The molecule has 0 radical (unpaired) electrons. The number of halogens is 1. The topological polar surface area (TPSA) is 32.8 Å². The minimum atomic E-state index is -0.300. The number of benzene rings is 1. The molecule has 1 fully saturated rings. The third kappa shape index (κ3) is 4.57. The summed E-state index contributed by atoms with van der Waals surface area (Å²) in [6, 6.07) is 3.93. The van der Waals surface area contributed by atoms with E-state index in [0.29, 0.717) is 31.0 Å². The molecule has 0 spiro atoms. The van der Waals surface area contributed by atoms with E-state index in [1.54, 1.807) is 5.01 Å². The van der Waals surface area contributed by atoms with Gasteiger partial charge in [-0.2, -0.15) is 0 Å². The smallest absolute Gasteiger partial charge is 0.428 e. The van der Waals surface area contributed by atoms with Crippen molar-refractivity contribution in [2.24, 2.45) is 0 Å². The highest BCUT2D eigenvalue weighted by molar-refractivity contribution is 6.31. The maximum absolute atomic E-state index is 12.2. The maximum Gasteiger partial charge on any atom is 0.428 e. The molecule has 4 nitrogen and oxygen atoms in total. The number of unbranched alkanes of at least 4 members (excludes halogenated alkanes) is 2. The molecule has 1 aliphatic heterocycles. The zero-order chi connectivity index (χ0) is 18.2. The molecule has 1 aromatic rings. The number of allylic oxidation sites excluding steroid dienone is 2. The number of carbonyl (C=O) groups excluding carboxylic acids is 1. The van der Waals surface area contributed by atoms with E-state index in [2.05, 4.69) is 25.1 Å². The van der Waals surface area contributed by atoms with E-state index in [0.717, 1.165) is 42.6 Å². The summed E-state index contributed by atoms with van der Waals surface area (Å²) in [7, 11) is 0. The van der Waals surface area contributed by atoms with Crippen LogP contribution in [0.5, 0.6) is 0 Å². The van der Waals surface area contributed by atoms with Crippen molar-refractivity contribution in [3.63, 3.8) is 0 Å². The fourth-order valence-corrected chi connectivity index (χ4v) is 3.34. The number of rotatable bonds is 10. The van der Waals surface area contributed by atoms with E-state index < -0.39 is 0 Å². The summed E-state index contributed by atoms with van der Waals surface area (Å²) >= 11 is 6.49. The first-order valence-electron chi connectivity index (χ1n) is 8.87. The fourth-order valence-electron chi connectivity index (χ4n) is 3.11. The first-order valence-corrected chi connectivity index (χ1v) is 9.25. The van der Waals surface area contributed by atoms with E-state index in [1.165, 1.54) is 0 Å². The summed E-state index contributed by atoms with van der Waals surface area (Å²) in [5.41, 5.74) is 3.09. The van der Waals surface area contributed by atoms with E-state index in [9.17, 15) is 4.79 Å². The van der Waals surface area contributed by atoms with Gasteiger partial charge in [-0.25, -0.2) is 9.80 Å². The zero-order valence-corrected chi connectivity index (χ0v) is 15.7. The number of hydrogen-bond donors (Lipinski definition) is 0. The molecule has 136 valence electrons. The molecule has 1 aliphatic rings. The van der Waals surface area contributed by atoms with Gasteiger partial charge in [-0.15, -0.1) is 13.2 Å². The largest absolute Gasteiger partial charge is 0.446 e. The number of carbonyl (C=O) groups is 1. The first kappa shape index (κ1) is 19.4. The molecule has 5 heteroatoms. The molecule has 1 amide bonds. The van der Waals surface area contributed by atoms with Crippen LogP contribution in [-0.2, 0) is 17.6 Å². The Hall–Kier alpha value is -1.94. The van der Waals surface area contributed by atoms with Gasteiger partial charge in [0, 0.05) is 11.6 Å². The summed E-state index contributed by atoms with van der Waals surface area (Å²) in [4.78, 5) is 12.2. The first-order chi connectivity index (χ1) is 12.1. The monoisotopic (exact) mass is 362 g/mol. The van der Waals surface area contributed by atoms with Crippen LogP contribution in [0.3, 0.4) is 0 Å². The molecular formula is C20H27ClN2O2. The van der Waals surface area contributed by atoms with Crippen molar-refractivity contribution in [1.82, 2.24) is 5.01 Å². The van der Waals surface area contributed by atoms with Crippen molar-refractivity contribution in [3.8, 4) is 0 Å². The Labute approximate surface area is 155 Å². The number of amides is 1. The third-order valence-corrected chi connectivity index (χ3v) is 4.64. The van der Waals surface area contributed by atoms with E-state index in [4.69, 9.17) is 16.3 Å². The van der Waals surface area contributed by atoms with Gasteiger partial charge in [0.1, 0.15) is 6.61 Å². The molecular weight excluding hydrogens is 336 g/mol. The lowest BCUT2D eigenvalue weighted by Gasteiger charge is -2.35. The van der Waals surface area contributed by atoms with Gasteiger partial charge in [0.15, 0.2) is 0 Å². The highest BCUT2D eigenvalue weighted by Gasteiger charge is 2.31. The van der Waals surface area contributed by atoms with Gasteiger partial charge in [-0.05, 0) is 36.5 Å². The molecule has 1 saturated heterocycles. The second kappa shape index (κ2) is 9.52. The van der Waals surface area contributed by atoms with Crippen LogP contribution in [0.2, 0.25) is 5.02 Å². The predicted octanol–water partition coefficient (Wildman–Crippen LogP) is 5.16. The number of hydrazine groups is 1. The standard InChI is InChI=1S/C20H27ClN2O2/c1-4-7-8-13-22(23-14-15-25-20(23)24)19-16(9-5-2)11-12-18(21)17(19)10-6-3/h5-6,11-12H,2-4,7-10,13-15H2,1H3. The van der Waals surface area contributed by atoms with Crippen molar-refractivity contribution >= 4 is 23.4 Å². The second-order valence-electron chi connectivity index (χ2n) is 6.09.